The first kappa shape index (κ1) is 26.8. The fourth-order valence-corrected chi connectivity index (χ4v) is 7.75. The van der Waals surface area contributed by atoms with Crippen LogP contribution in [0.1, 0.15) is 36.1 Å². The summed E-state index contributed by atoms with van der Waals surface area (Å²) in [6.45, 7) is 9.04. The van der Waals surface area contributed by atoms with Crippen LogP contribution in [0.25, 0.3) is 60.9 Å². The Morgan fingerprint density at radius 1 is 0.630 bits per heavy atom. The molecule has 0 N–H and O–H groups in total. The Morgan fingerprint density at radius 2 is 1.37 bits per heavy atom. The number of furan rings is 1. The van der Waals surface area contributed by atoms with Gasteiger partial charge in [-0.3, -0.25) is 4.57 Å². The second-order valence-corrected chi connectivity index (χ2v) is 13.0. The third-order valence-corrected chi connectivity index (χ3v) is 10.0. The summed E-state index contributed by atoms with van der Waals surface area (Å²) < 4.78 is 15.5. The van der Waals surface area contributed by atoms with Crippen LogP contribution >= 0.6 is 0 Å². The highest BCUT2D eigenvalue weighted by atomic mass is 16.5. The van der Waals surface area contributed by atoms with Crippen molar-refractivity contribution in [1.82, 2.24) is 4.57 Å². The maximum absolute atomic E-state index is 6.72. The third-order valence-electron chi connectivity index (χ3n) is 10.0. The highest BCUT2D eigenvalue weighted by Gasteiger charge is 2.35. The Morgan fingerprint density at radius 3 is 2.26 bits per heavy atom. The van der Waals surface area contributed by atoms with Crippen LogP contribution in [0.2, 0.25) is 0 Å². The van der Waals surface area contributed by atoms with E-state index < -0.39 is 0 Å². The van der Waals surface area contributed by atoms with Gasteiger partial charge in [-0.15, -0.1) is 0 Å². The fraction of sp³-hybridized carbons (Fsp3) is 0.116. The Labute approximate surface area is 268 Å². The highest BCUT2D eigenvalue weighted by Crippen LogP contribution is 2.52. The van der Waals surface area contributed by atoms with E-state index in [1.165, 1.54) is 38.8 Å². The molecule has 3 heteroatoms. The lowest BCUT2D eigenvalue weighted by Gasteiger charge is -2.35. The normalized spacial score (nSPS) is 13.6. The standard InChI is InChI=1S/C43H33NO2/c1-26-23-24-30(27(2)39(26)33-17-12-19-35-41(33)45-38-22-10-7-18-34(38)43(35,3)4)28-13-11-14-29(25-28)44-36-20-8-5-15-31(36)40-32-16-6-9-21-37(32)46-42(40)44/h5-25H,1-4H3. The number of ether oxygens (including phenoxy) is 1. The second kappa shape index (κ2) is 9.73. The van der Waals surface area contributed by atoms with Crippen molar-refractivity contribution in [1.29, 1.82) is 0 Å². The van der Waals surface area contributed by atoms with Crippen LogP contribution in [0.15, 0.2) is 132 Å². The Kier molecular flexibility index (Phi) is 5.67. The minimum Gasteiger partial charge on any atom is -0.456 e. The van der Waals surface area contributed by atoms with Crippen molar-refractivity contribution in [2.75, 3.05) is 0 Å². The van der Waals surface area contributed by atoms with E-state index in [0.717, 1.165) is 55.9 Å². The van der Waals surface area contributed by atoms with E-state index in [1.807, 2.05) is 12.1 Å². The molecule has 6 aromatic carbocycles. The molecule has 0 aliphatic carbocycles. The number of rotatable bonds is 3. The minimum absolute atomic E-state index is 0.171. The number of benzene rings is 6. The van der Waals surface area contributed by atoms with Gasteiger partial charge in [-0.2, -0.15) is 0 Å². The quantitative estimate of drug-likeness (QED) is 0.203. The number of fused-ring (bicyclic) bond motifs is 7. The molecule has 0 unspecified atom stereocenters. The summed E-state index contributed by atoms with van der Waals surface area (Å²) >= 11 is 0. The van der Waals surface area contributed by atoms with Crippen LogP contribution in [0, 0.1) is 13.8 Å². The average Bonchev–Trinajstić information content (AvgIpc) is 3.60. The molecule has 0 saturated carbocycles. The van der Waals surface area contributed by atoms with E-state index in [2.05, 4.69) is 148 Å². The predicted molar refractivity (Wildman–Crippen MR) is 190 cm³/mol. The van der Waals surface area contributed by atoms with Gasteiger partial charge in [0, 0.05) is 38.6 Å². The van der Waals surface area contributed by atoms with E-state index in [9.17, 15) is 0 Å². The molecule has 0 atom stereocenters. The van der Waals surface area contributed by atoms with E-state index in [4.69, 9.17) is 9.15 Å². The Bertz CT molecular complexity index is 2510. The fourth-order valence-electron chi connectivity index (χ4n) is 7.75. The number of aryl methyl sites for hydroxylation is 1. The van der Waals surface area contributed by atoms with Gasteiger partial charge in [0.15, 0.2) is 0 Å². The lowest BCUT2D eigenvalue weighted by atomic mass is 9.74. The number of aromatic nitrogens is 1. The molecular formula is C43H33NO2. The number of nitrogens with zero attached hydrogens (tertiary/aromatic N) is 1. The Hall–Kier alpha value is -5.54. The highest BCUT2D eigenvalue weighted by molar-refractivity contribution is 6.19. The molecule has 3 nitrogen and oxygen atoms in total. The lowest BCUT2D eigenvalue weighted by Crippen LogP contribution is -2.24. The molecule has 1 aliphatic rings. The smallest absolute Gasteiger partial charge is 0.213 e. The van der Waals surface area contributed by atoms with Crippen LogP contribution in [-0.2, 0) is 5.41 Å². The van der Waals surface area contributed by atoms with Gasteiger partial charge in [-0.1, -0.05) is 111 Å². The van der Waals surface area contributed by atoms with Gasteiger partial charge in [-0.25, -0.2) is 0 Å². The molecule has 0 spiro atoms. The van der Waals surface area contributed by atoms with Gasteiger partial charge in [-0.05, 0) is 72.0 Å². The van der Waals surface area contributed by atoms with Gasteiger partial charge in [0.2, 0.25) is 5.71 Å². The van der Waals surface area contributed by atoms with Gasteiger partial charge in [0.1, 0.15) is 17.1 Å². The summed E-state index contributed by atoms with van der Waals surface area (Å²) in [6.07, 6.45) is 0. The van der Waals surface area contributed by atoms with Crippen LogP contribution < -0.4 is 4.74 Å². The van der Waals surface area contributed by atoms with E-state index >= 15 is 0 Å². The SMILES string of the molecule is Cc1ccc(-c2cccc(-n3c4ccccc4c4c5ccccc5oc43)c2)c(C)c1-c1cccc2c1Oc1ccccc1C2(C)C. The zero-order valence-corrected chi connectivity index (χ0v) is 26.4. The monoisotopic (exact) mass is 595 g/mol. The molecule has 8 aromatic rings. The molecular weight excluding hydrogens is 562 g/mol. The molecule has 0 fully saturated rings. The maximum atomic E-state index is 6.72. The summed E-state index contributed by atoms with van der Waals surface area (Å²) in [7, 11) is 0. The minimum atomic E-state index is -0.171. The van der Waals surface area contributed by atoms with Crippen LogP contribution in [0.4, 0.5) is 0 Å². The van der Waals surface area contributed by atoms with Crippen molar-refractivity contribution in [2.45, 2.75) is 33.1 Å². The molecule has 222 valence electrons. The summed E-state index contributed by atoms with van der Waals surface area (Å²) in [5.41, 5.74) is 13.4. The first-order valence-electron chi connectivity index (χ1n) is 15.9. The van der Waals surface area contributed by atoms with Crippen molar-refractivity contribution in [2.24, 2.45) is 0 Å². The Balaban J connectivity index is 1.22. The second-order valence-electron chi connectivity index (χ2n) is 13.0. The van der Waals surface area contributed by atoms with E-state index in [0.29, 0.717) is 0 Å². The van der Waals surface area contributed by atoms with Crippen molar-refractivity contribution in [3.05, 3.63) is 150 Å². The summed E-state index contributed by atoms with van der Waals surface area (Å²) in [4.78, 5) is 0. The molecule has 0 saturated heterocycles. The molecule has 46 heavy (non-hydrogen) atoms. The van der Waals surface area contributed by atoms with Gasteiger partial charge < -0.3 is 9.15 Å². The molecule has 0 bridgehead atoms. The molecule has 3 heterocycles. The number of para-hydroxylation sites is 4. The third kappa shape index (κ3) is 3.72. The van der Waals surface area contributed by atoms with Crippen molar-refractivity contribution in [3.63, 3.8) is 0 Å². The molecule has 0 amide bonds. The van der Waals surface area contributed by atoms with Crippen LogP contribution in [0.3, 0.4) is 0 Å². The number of hydrogen-bond acceptors (Lipinski definition) is 2. The maximum Gasteiger partial charge on any atom is 0.213 e. The molecule has 2 aromatic heterocycles. The lowest BCUT2D eigenvalue weighted by molar-refractivity contribution is 0.419. The first-order valence-corrected chi connectivity index (χ1v) is 15.9. The zero-order chi connectivity index (χ0) is 31.2. The van der Waals surface area contributed by atoms with Crippen LogP contribution in [-0.4, -0.2) is 4.57 Å². The topological polar surface area (TPSA) is 27.3 Å². The largest absolute Gasteiger partial charge is 0.456 e. The van der Waals surface area contributed by atoms with Crippen LogP contribution in [0.5, 0.6) is 11.5 Å². The zero-order valence-electron chi connectivity index (χ0n) is 26.4. The average molecular weight is 596 g/mol. The van der Waals surface area contributed by atoms with E-state index in [-0.39, 0.29) is 5.41 Å². The van der Waals surface area contributed by atoms with Crippen molar-refractivity contribution < 1.29 is 9.15 Å². The summed E-state index contributed by atoms with van der Waals surface area (Å²) in [5.74, 6) is 1.89. The molecule has 1 aliphatic heterocycles. The predicted octanol–water partition coefficient (Wildman–Crippen LogP) is 11.9. The van der Waals surface area contributed by atoms with Crippen molar-refractivity contribution in [3.8, 4) is 39.4 Å². The first-order chi connectivity index (χ1) is 22.4. The number of hydrogen-bond donors (Lipinski definition) is 0. The van der Waals surface area contributed by atoms with Gasteiger partial charge >= 0.3 is 0 Å². The molecule has 9 rings (SSSR count). The van der Waals surface area contributed by atoms with E-state index in [1.54, 1.807) is 0 Å². The van der Waals surface area contributed by atoms with Crippen molar-refractivity contribution >= 4 is 33.0 Å². The van der Waals surface area contributed by atoms with Gasteiger partial charge in [0.05, 0.1) is 10.9 Å². The summed E-state index contributed by atoms with van der Waals surface area (Å²) in [5, 5.41) is 3.49. The van der Waals surface area contributed by atoms with Gasteiger partial charge in [0.25, 0.3) is 0 Å². The summed E-state index contributed by atoms with van der Waals surface area (Å²) in [6, 6.07) is 45.2. The molecule has 0 radical (unpaired) electrons.